The van der Waals surface area contributed by atoms with E-state index in [1.165, 1.54) is 25.7 Å². The van der Waals surface area contributed by atoms with Crippen molar-refractivity contribution in [3.05, 3.63) is 40.4 Å². The van der Waals surface area contributed by atoms with Crippen LogP contribution in [-0.2, 0) is 4.79 Å². The van der Waals surface area contributed by atoms with Crippen LogP contribution in [-0.4, -0.2) is 5.78 Å². The van der Waals surface area contributed by atoms with Gasteiger partial charge in [0.1, 0.15) is 0 Å². The molecule has 19 heavy (non-hydrogen) atoms. The van der Waals surface area contributed by atoms with Crippen molar-refractivity contribution in [3.63, 3.8) is 0 Å². The SMILES string of the molecule is O=C1/C(=C/c2cccc(Cl)c2)CC[C@H]1C1CCCC1. The quantitative estimate of drug-likeness (QED) is 0.702. The van der Waals surface area contributed by atoms with Crippen LogP contribution >= 0.6 is 11.6 Å². The second-order valence-corrected chi connectivity index (χ2v) is 6.21. The van der Waals surface area contributed by atoms with Gasteiger partial charge in [0.25, 0.3) is 0 Å². The van der Waals surface area contributed by atoms with Crippen LogP contribution < -0.4 is 0 Å². The molecule has 0 heterocycles. The van der Waals surface area contributed by atoms with Gasteiger partial charge in [-0.1, -0.05) is 36.6 Å². The van der Waals surface area contributed by atoms with Gasteiger partial charge in [-0.05, 0) is 60.9 Å². The Morgan fingerprint density at radius 1 is 1.16 bits per heavy atom. The fourth-order valence-corrected chi connectivity index (χ4v) is 3.75. The number of halogens is 1. The molecule has 1 atom stereocenters. The summed E-state index contributed by atoms with van der Waals surface area (Å²) in [6.45, 7) is 0. The molecule has 1 aromatic rings. The maximum atomic E-state index is 12.5. The van der Waals surface area contributed by atoms with E-state index in [-0.39, 0.29) is 0 Å². The van der Waals surface area contributed by atoms with E-state index in [1.54, 1.807) is 0 Å². The van der Waals surface area contributed by atoms with Gasteiger partial charge in [-0.2, -0.15) is 0 Å². The predicted octanol–water partition coefficient (Wildman–Crippen LogP) is 4.89. The molecule has 0 aromatic heterocycles. The van der Waals surface area contributed by atoms with E-state index in [0.717, 1.165) is 29.0 Å². The van der Waals surface area contributed by atoms with E-state index in [2.05, 4.69) is 0 Å². The van der Waals surface area contributed by atoms with Crippen LogP contribution in [0.5, 0.6) is 0 Å². The zero-order valence-corrected chi connectivity index (χ0v) is 11.8. The highest BCUT2D eigenvalue weighted by molar-refractivity contribution is 6.30. The fraction of sp³-hybridized carbons (Fsp3) is 0.471. The van der Waals surface area contributed by atoms with Crippen molar-refractivity contribution in [1.82, 2.24) is 0 Å². The maximum Gasteiger partial charge on any atom is 0.162 e. The first-order valence-electron chi connectivity index (χ1n) is 7.24. The number of carbonyl (C=O) groups is 1. The first-order valence-corrected chi connectivity index (χ1v) is 7.62. The summed E-state index contributed by atoms with van der Waals surface area (Å²) in [6, 6.07) is 7.73. The lowest BCUT2D eigenvalue weighted by Gasteiger charge is -2.15. The highest BCUT2D eigenvalue weighted by Gasteiger charge is 2.36. The normalized spacial score (nSPS) is 26.5. The zero-order chi connectivity index (χ0) is 13.2. The van der Waals surface area contributed by atoms with Gasteiger partial charge in [-0.15, -0.1) is 0 Å². The Morgan fingerprint density at radius 3 is 2.68 bits per heavy atom. The fourth-order valence-electron chi connectivity index (χ4n) is 3.55. The number of hydrogen-bond acceptors (Lipinski definition) is 1. The minimum absolute atomic E-state index is 0.299. The second-order valence-electron chi connectivity index (χ2n) is 5.78. The van der Waals surface area contributed by atoms with Crippen LogP contribution in [0.1, 0.15) is 44.1 Å². The molecule has 100 valence electrons. The summed E-state index contributed by atoms with van der Waals surface area (Å²) in [6.07, 6.45) is 9.14. The molecular weight excluding hydrogens is 256 g/mol. The molecule has 1 aromatic carbocycles. The molecule has 2 fully saturated rings. The monoisotopic (exact) mass is 274 g/mol. The molecule has 2 aliphatic rings. The maximum absolute atomic E-state index is 12.5. The van der Waals surface area contributed by atoms with Crippen LogP contribution in [0.3, 0.4) is 0 Å². The largest absolute Gasteiger partial charge is 0.294 e. The Balaban J connectivity index is 1.77. The van der Waals surface area contributed by atoms with Crippen molar-refractivity contribution in [2.75, 3.05) is 0 Å². The van der Waals surface area contributed by atoms with Crippen molar-refractivity contribution >= 4 is 23.5 Å². The number of hydrogen-bond donors (Lipinski definition) is 0. The third-order valence-corrected chi connectivity index (χ3v) is 4.77. The van der Waals surface area contributed by atoms with Crippen LogP contribution in [0, 0.1) is 11.8 Å². The molecule has 1 nitrogen and oxygen atoms in total. The summed E-state index contributed by atoms with van der Waals surface area (Å²) in [5.41, 5.74) is 2.04. The molecule has 0 spiro atoms. The lowest BCUT2D eigenvalue weighted by Crippen LogP contribution is -2.16. The molecular formula is C17H19ClO. The minimum Gasteiger partial charge on any atom is -0.294 e. The lowest BCUT2D eigenvalue weighted by atomic mass is 9.88. The number of carbonyl (C=O) groups excluding carboxylic acids is 1. The third kappa shape index (κ3) is 2.76. The molecule has 3 rings (SSSR count). The van der Waals surface area contributed by atoms with E-state index in [0.29, 0.717) is 17.6 Å². The van der Waals surface area contributed by atoms with Gasteiger partial charge in [0, 0.05) is 10.9 Å². The molecule has 2 aliphatic carbocycles. The Kier molecular flexibility index (Phi) is 3.74. The van der Waals surface area contributed by atoms with Gasteiger partial charge < -0.3 is 0 Å². The van der Waals surface area contributed by atoms with Gasteiger partial charge in [-0.25, -0.2) is 0 Å². The van der Waals surface area contributed by atoms with Crippen molar-refractivity contribution < 1.29 is 4.79 Å². The Labute approximate surface area is 119 Å². The molecule has 0 N–H and O–H groups in total. The number of rotatable bonds is 2. The third-order valence-electron chi connectivity index (χ3n) is 4.54. The van der Waals surface area contributed by atoms with Crippen molar-refractivity contribution in [2.24, 2.45) is 11.8 Å². The van der Waals surface area contributed by atoms with E-state index < -0.39 is 0 Å². The first-order chi connectivity index (χ1) is 9.24. The average molecular weight is 275 g/mol. The Bertz CT molecular complexity index is 512. The summed E-state index contributed by atoms with van der Waals surface area (Å²) in [5.74, 6) is 1.34. The molecule has 0 unspecified atom stereocenters. The van der Waals surface area contributed by atoms with E-state index in [9.17, 15) is 4.79 Å². The summed E-state index contributed by atoms with van der Waals surface area (Å²) >= 11 is 5.98. The summed E-state index contributed by atoms with van der Waals surface area (Å²) < 4.78 is 0. The molecule has 0 bridgehead atoms. The molecule has 0 saturated heterocycles. The molecule has 2 heteroatoms. The molecule has 0 aliphatic heterocycles. The summed E-state index contributed by atoms with van der Waals surface area (Å²) in [5, 5.41) is 0.729. The van der Waals surface area contributed by atoms with Crippen LogP contribution in [0.25, 0.3) is 6.08 Å². The van der Waals surface area contributed by atoms with Gasteiger partial charge in [-0.3, -0.25) is 4.79 Å². The topological polar surface area (TPSA) is 17.1 Å². The Hall–Kier alpha value is -1.08. The highest BCUT2D eigenvalue weighted by atomic mass is 35.5. The predicted molar refractivity (Wildman–Crippen MR) is 79.1 cm³/mol. The van der Waals surface area contributed by atoms with Crippen molar-refractivity contribution in [3.8, 4) is 0 Å². The van der Waals surface area contributed by atoms with Gasteiger partial charge in [0.05, 0.1) is 0 Å². The number of Topliss-reactive ketones (excluding diaryl/α,β-unsaturated/α-hetero) is 1. The van der Waals surface area contributed by atoms with Crippen molar-refractivity contribution in [1.29, 1.82) is 0 Å². The molecule has 2 saturated carbocycles. The summed E-state index contributed by atoms with van der Waals surface area (Å²) in [4.78, 5) is 12.5. The van der Waals surface area contributed by atoms with Gasteiger partial charge in [0.2, 0.25) is 0 Å². The smallest absolute Gasteiger partial charge is 0.162 e. The van der Waals surface area contributed by atoms with E-state index in [1.807, 2.05) is 30.3 Å². The zero-order valence-electron chi connectivity index (χ0n) is 11.1. The van der Waals surface area contributed by atoms with E-state index >= 15 is 0 Å². The van der Waals surface area contributed by atoms with Crippen molar-refractivity contribution in [2.45, 2.75) is 38.5 Å². The average Bonchev–Trinajstić information content (AvgIpc) is 3.01. The first kappa shape index (κ1) is 12.9. The molecule has 0 amide bonds. The number of allylic oxidation sites excluding steroid dienone is 1. The van der Waals surface area contributed by atoms with E-state index in [4.69, 9.17) is 11.6 Å². The Morgan fingerprint density at radius 2 is 1.95 bits per heavy atom. The standard InChI is InChI=1S/C17H19ClO/c18-15-7-3-4-12(11-15)10-14-8-9-16(17(14)19)13-5-1-2-6-13/h3-4,7,10-11,13,16H,1-2,5-6,8-9H2/b14-10+/t16-/m0/s1. The number of benzene rings is 1. The lowest BCUT2D eigenvalue weighted by molar-refractivity contribution is -0.119. The molecule has 0 radical (unpaired) electrons. The minimum atomic E-state index is 0.299. The van der Waals surface area contributed by atoms with Crippen LogP contribution in [0.2, 0.25) is 5.02 Å². The second kappa shape index (κ2) is 5.50. The van der Waals surface area contributed by atoms with Crippen LogP contribution in [0.4, 0.5) is 0 Å². The van der Waals surface area contributed by atoms with Gasteiger partial charge in [0.15, 0.2) is 5.78 Å². The number of ketones is 1. The summed E-state index contributed by atoms with van der Waals surface area (Å²) in [7, 11) is 0. The highest BCUT2D eigenvalue weighted by Crippen LogP contribution is 2.40. The van der Waals surface area contributed by atoms with Gasteiger partial charge >= 0.3 is 0 Å². The van der Waals surface area contributed by atoms with Crippen LogP contribution in [0.15, 0.2) is 29.8 Å².